The molecule has 0 aliphatic carbocycles. The molecule has 2 amide bonds. The van der Waals surface area contributed by atoms with Crippen LogP contribution in [0, 0.1) is 0 Å². The molecule has 0 bridgehead atoms. The maximum atomic E-state index is 13.7. The molecule has 0 aromatic heterocycles. The molecule has 202 valence electrons. The molecule has 0 saturated heterocycles. The molecule has 4 nitrogen and oxygen atoms in total. The number of hydrogen-bond donors (Lipinski definition) is 1. The number of nitrogens with one attached hydrogen (secondary N) is 1. The van der Waals surface area contributed by atoms with Crippen LogP contribution in [0.5, 0.6) is 0 Å². The largest absolute Gasteiger partial charge is 0.352 e. The van der Waals surface area contributed by atoms with Gasteiger partial charge in [0.1, 0.15) is 6.04 Å². The van der Waals surface area contributed by atoms with Gasteiger partial charge in [0.05, 0.1) is 0 Å². The van der Waals surface area contributed by atoms with Crippen molar-refractivity contribution in [2.75, 3.05) is 5.75 Å². The standard InChI is InChI=1S/C30H33Cl3N2O2S/c1-3-21(2)34-30(37)28(18-22-8-5-4-6-9-22)35(20-23-11-12-25(32)19-27(23)33)29(36)10-7-17-38-26-15-13-24(31)14-16-26/h4-6,8-9,11-16,19,21,28H,3,7,10,17-18,20H2,1-2H3,(H,34,37)/t21-,28+/m1/s1. The summed E-state index contributed by atoms with van der Waals surface area (Å²) < 4.78 is 0. The van der Waals surface area contributed by atoms with Crippen LogP contribution in [0.2, 0.25) is 15.1 Å². The van der Waals surface area contributed by atoms with Crippen molar-refractivity contribution in [3.8, 4) is 0 Å². The third kappa shape index (κ3) is 9.53. The molecule has 0 radical (unpaired) electrons. The number of carbonyl (C=O) groups is 2. The second-order valence-corrected chi connectivity index (χ2v) is 11.6. The number of halogens is 3. The zero-order chi connectivity index (χ0) is 27.5. The van der Waals surface area contributed by atoms with Crippen LogP contribution in [0.25, 0.3) is 0 Å². The van der Waals surface area contributed by atoms with Crippen LogP contribution in [0.4, 0.5) is 0 Å². The molecular weight excluding hydrogens is 559 g/mol. The maximum absolute atomic E-state index is 13.7. The Balaban J connectivity index is 1.82. The topological polar surface area (TPSA) is 49.4 Å². The van der Waals surface area contributed by atoms with Gasteiger partial charge in [-0.15, -0.1) is 11.8 Å². The summed E-state index contributed by atoms with van der Waals surface area (Å²) in [5.74, 6) is 0.510. The second kappa shape index (κ2) is 15.4. The van der Waals surface area contributed by atoms with E-state index in [-0.39, 0.29) is 24.4 Å². The van der Waals surface area contributed by atoms with E-state index in [0.29, 0.717) is 34.3 Å². The Morgan fingerprint density at radius 2 is 1.63 bits per heavy atom. The van der Waals surface area contributed by atoms with Crippen LogP contribution in [-0.2, 0) is 22.6 Å². The molecule has 3 aromatic carbocycles. The summed E-state index contributed by atoms with van der Waals surface area (Å²) in [6.07, 6.45) is 2.18. The van der Waals surface area contributed by atoms with Crippen molar-refractivity contribution >= 4 is 58.4 Å². The van der Waals surface area contributed by atoms with Crippen molar-refractivity contribution < 1.29 is 9.59 Å². The lowest BCUT2D eigenvalue weighted by molar-refractivity contribution is -0.141. The van der Waals surface area contributed by atoms with E-state index in [1.54, 1.807) is 28.8 Å². The zero-order valence-corrected chi connectivity index (χ0v) is 24.7. The molecule has 38 heavy (non-hydrogen) atoms. The summed E-state index contributed by atoms with van der Waals surface area (Å²) in [4.78, 5) is 30.1. The van der Waals surface area contributed by atoms with Gasteiger partial charge in [-0.1, -0.05) is 78.1 Å². The Hall–Kier alpha value is -2.18. The molecule has 0 heterocycles. The molecule has 0 unspecified atom stereocenters. The average molecular weight is 592 g/mol. The molecule has 0 aliphatic rings. The van der Waals surface area contributed by atoms with Crippen LogP contribution >= 0.6 is 46.6 Å². The highest BCUT2D eigenvalue weighted by molar-refractivity contribution is 7.99. The predicted molar refractivity (Wildman–Crippen MR) is 160 cm³/mol. The summed E-state index contributed by atoms with van der Waals surface area (Å²) in [5, 5.41) is 4.77. The molecule has 3 rings (SSSR count). The Morgan fingerprint density at radius 1 is 0.947 bits per heavy atom. The minimum Gasteiger partial charge on any atom is -0.352 e. The van der Waals surface area contributed by atoms with Crippen LogP contribution in [0.1, 0.15) is 44.2 Å². The number of rotatable bonds is 13. The third-order valence-electron chi connectivity index (χ3n) is 6.25. The van der Waals surface area contributed by atoms with Crippen molar-refractivity contribution in [3.63, 3.8) is 0 Å². The number of hydrogen-bond acceptors (Lipinski definition) is 3. The van der Waals surface area contributed by atoms with E-state index >= 15 is 0 Å². The molecule has 8 heteroatoms. The zero-order valence-electron chi connectivity index (χ0n) is 21.6. The van der Waals surface area contributed by atoms with E-state index in [1.807, 2.05) is 74.5 Å². The number of benzene rings is 3. The van der Waals surface area contributed by atoms with Crippen molar-refractivity contribution in [1.29, 1.82) is 0 Å². The van der Waals surface area contributed by atoms with E-state index in [0.717, 1.165) is 28.2 Å². The molecule has 2 atom stereocenters. The SMILES string of the molecule is CC[C@@H](C)NC(=O)[C@H](Cc1ccccc1)N(Cc1ccc(Cl)cc1Cl)C(=O)CCCSc1ccc(Cl)cc1. The summed E-state index contributed by atoms with van der Waals surface area (Å²) in [6, 6.07) is 22.0. The van der Waals surface area contributed by atoms with E-state index in [4.69, 9.17) is 34.8 Å². The highest BCUT2D eigenvalue weighted by Gasteiger charge is 2.31. The van der Waals surface area contributed by atoms with Crippen molar-refractivity contribution in [3.05, 3.63) is 99.0 Å². The fourth-order valence-electron chi connectivity index (χ4n) is 3.92. The number of amides is 2. The van der Waals surface area contributed by atoms with Crippen LogP contribution < -0.4 is 5.32 Å². The lowest BCUT2D eigenvalue weighted by atomic mass is 10.0. The summed E-state index contributed by atoms with van der Waals surface area (Å²) in [7, 11) is 0. The van der Waals surface area contributed by atoms with E-state index in [1.165, 1.54) is 0 Å². The van der Waals surface area contributed by atoms with Gasteiger partial charge >= 0.3 is 0 Å². The van der Waals surface area contributed by atoms with Gasteiger partial charge in [-0.25, -0.2) is 0 Å². The third-order valence-corrected chi connectivity index (χ3v) is 8.18. The van der Waals surface area contributed by atoms with Gasteiger partial charge < -0.3 is 10.2 Å². The van der Waals surface area contributed by atoms with Crippen LogP contribution in [0.15, 0.2) is 77.7 Å². The van der Waals surface area contributed by atoms with Gasteiger partial charge in [0.2, 0.25) is 11.8 Å². The lowest BCUT2D eigenvalue weighted by Crippen LogP contribution is -2.52. The fourth-order valence-corrected chi connectivity index (χ4v) is 5.36. The Morgan fingerprint density at radius 3 is 2.29 bits per heavy atom. The molecule has 0 spiro atoms. The van der Waals surface area contributed by atoms with Gasteiger partial charge in [0, 0.05) is 45.4 Å². The van der Waals surface area contributed by atoms with Gasteiger partial charge in [0.25, 0.3) is 0 Å². The summed E-state index contributed by atoms with van der Waals surface area (Å²) >= 11 is 20.3. The van der Waals surface area contributed by atoms with Crippen molar-refractivity contribution in [2.45, 2.75) is 63.1 Å². The van der Waals surface area contributed by atoms with Gasteiger partial charge in [-0.3, -0.25) is 9.59 Å². The lowest BCUT2D eigenvalue weighted by Gasteiger charge is -2.32. The van der Waals surface area contributed by atoms with Crippen LogP contribution in [-0.4, -0.2) is 34.6 Å². The Kier molecular flexibility index (Phi) is 12.3. The first-order chi connectivity index (χ1) is 18.3. The molecule has 0 fully saturated rings. The first kappa shape index (κ1) is 30.4. The highest BCUT2D eigenvalue weighted by Crippen LogP contribution is 2.26. The summed E-state index contributed by atoms with van der Waals surface area (Å²) in [5.41, 5.74) is 1.73. The molecular formula is C30H33Cl3N2O2S. The van der Waals surface area contributed by atoms with Gasteiger partial charge in [-0.2, -0.15) is 0 Å². The predicted octanol–water partition coefficient (Wildman–Crippen LogP) is 8.07. The smallest absolute Gasteiger partial charge is 0.243 e. The minimum absolute atomic E-state index is 0.00683. The number of carbonyl (C=O) groups excluding carboxylic acids is 2. The van der Waals surface area contributed by atoms with E-state index in [2.05, 4.69) is 5.32 Å². The minimum atomic E-state index is -0.686. The van der Waals surface area contributed by atoms with Crippen LogP contribution in [0.3, 0.4) is 0 Å². The Labute approximate surface area is 245 Å². The van der Waals surface area contributed by atoms with E-state index < -0.39 is 6.04 Å². The van der Waals surface area contributed by atoms with Gasteiger partial charge in [-0.05, 0) is 73.0 Å². The van der Waals surface area contributed by atoms with E-state index in [9.17, 15) is 9.59 Å². The normalized spacial score (nSPS) is 12.6. The monoisotopic (exact) mass is 590 g/mol. The Bertz CT molecular complexity index is 1190. The van der Waals surface area contributed by atoms with Crippen molar-refractivity contribution in [2.24, 2.45) is 0 Å². The molecule has 0 aliphatic heterocycles. The molecule has 0 saturated carbocycles. The first-order valence-electron chi connectivity index (χ1n) is 12.7. The number of thioether (sulfide) groups is 1. The quantitative estimate of drug-likeness (QED) is 0.161. The average Bonchev–Trinajstić information content (AvgIpc) is 2.91. The number of nitrogens with zero attached hydrogens (tertiary/aromatic N) is 1. The van der Waals surface area contributed by atoms with Crippen molar-refractivity contribution in [1.82, 2.24) is 10.2 Å². The second-order valence-electron chi connectivity index (χ2n) is 9.19. The molecule has 3 aromatic rings. The first-order valence-corrected chi connectivity index (χ1v) is 14.8. The van der Waals surface area contributed by atoms with Gasteiger partial charge in [0.15, 0.2) is 0 Å². The summed E-state index contributed by atoms with van der Waals surface area (Å²) in [6.45, 7) is 4.20. The molecule has 1 N–H and O–H groups in total. The maximum Gasteiger partial charge on any atom is 0.243 e. The highest BCUT2D eigenvalue weighted by atomic mass is 35.5. The fraction of sp³-hybridized carbons (Fsp3) is 0.333.